The molecule has 2 N–H and O–H groups in total. The fraction of sp³-hybridized carbons (Fsp3) is 0.250. The van der Waals surface area contributed by atoms with Crippen LogP contribution in [0.15, 0.2) is 24.3 Å². The van der Waals surface area contributed by atoms with Crippen molar-refractivity contribution in [3.05, 3.63) is 45.3 Å². The van der Waals surface area contributed by atoms with Crippen LogP contribution in [0.1, 0.15) is 34.1 Å². The van der Waals surface area contributed by atoms with Gasteiger partial charge in [-0.25, -0.2) is 0 Å². The summed E-state index contributed by atoms with van der Waals surface area (Å²) >= 11 is 7.44. The third-order valence-electron chi connectivity index (χ3n) is 3.52. The Morgan fingerprint density at radius 3 is 2.77 bits per heavy atom. The van der Waals surface area contributed by atoms with Gasteiger partial charge in [-0.1, -0.05) is 17.7 Å². The van der Waals surface area contributed by atoms with Gasteiger partial charge < -0.3 is 10.6 Å². The fourth-order valence-corrected chi connectivity index (χ4v) is 4.18. The molecule has 1 aromatic carbocycles. The first kappa shape index (κ1) is 15.1. The van der Waals surface area contributed by atoms with Crippen LogP contribution < -0.4 is 10.6 Å². The Bertz CT molecular complexity index is 755. The normalized spacial score (nSPS) is 12.8. The average Bonchev–Trinajstić information content (AvgIpc) is 2.97. The molecular formula is C16H15ClN2O2S. The van der Waals surface area contributed by atoms with Gasteiger partial charge in [-0.3, -0.25) is 9.59 Å². The van der Waals surface area contributed by atoms with Crippen molar-refractivity contribution in [2.24, 2.45) is 0 Å². The van der Waals surface area contributed by atoms with Gasteiger partial charge in [-0.05, 0) is 43.0 Å². The first-order chi connectivity index (χ1) is 10.5. The molecule has 0 bridgehead atoms. The van der Waals surface area contributed by atoms with Gasteiger partial charge in [0.25, 0.3) is 5.91 Å². The highest BCUT2D eigenvalue weighted by molar-refractivity contribution is 7.17. The van der Waals surface area contributed by atoms with E-state index in [4.69, 9.17) is 11.6 Å². The minimum absolute atomic E-state index is 0.170. The lowest BCUT2D eigenvalue weighted by atomic mass is 10.1. The van der Waals surface area contributed by atoms with Crippen LogP contribution in [0.25, 0.3) is 0 Å². The summed E-state index contributed by atoms with van der Waals surface area (Å²) in [5.74, 6) is -0.373. The standard InChI is InChI=1S/C16H15ClN2O2S/c1-9(20)18-16-14(12-6-3-7-13(12)22-16)15(21)19-11-5-2-4-10(17)8-11/h2,4-5,8H,3,6-7H2,1H3,(H,18,20)(H,19,21). The van der Waals surface area contributed by atoms with E-state index in [-0.39, 0.29) is 11.8 Å². The second kappa shape index (κ2) is 6.10. The molecule has 0 aliphatic heterocycles. The molecule has 0 fully saturated rings. The number of benzene rings is 1. The number of amides is 2. The lowest BCUT2D eigenvalue weighted by molar-refractivity contribution is -0.114. The summed E-state index contributed by atoms with van der Waals surface area (Å²) in [5.41, 5.74) is 2.30. The smallest absolute Gasteiger partial charge is 0.258 e. The molecule has 0 saturated carbocycles. The van der Waals surface area contributed by atoms with Crippen molar-refractivity contribution in [3.8, 4) is 0 Å². The molecule has 3 rings (SSSR count). The third-order valence-corrected chi connectivity index (χ3v) is 4.96. The van der Waals surface area contributed by atoms with E-state index < -0.39 is 0 Å². The number of carbonyl (C=O) groups excluding carboxylic acids is 2. The first-order valence-electron chi connectivity index (χ1n) is 7.03. The number of halogens is 1. The first-order valence-corrected chi connectivity index (χ1v) is 8.23. The van der Waals surface area contributed by atoms with Gasteiger partial charge in [0.15, 0.2) is 0 Å². The van der Waals surface area contributed by atoms with E-state index in [1.54, 1.807) is 24.3 Å². The fourth-order valence-electron chi connectivity index (χ4n) is 2.65. The molecule has 6 heteroatoms. The quantitative estimate of drug-likeness (QED) is 0.887. The molecule has 2 amide bonds. The molecule has 0 atom stereocenters. The van der Waals surface area contributed by atoms with Crippen LogP contribution in [0.3, 0.4) is 0 Å². The Hall–Kier alpha value is -1.85. The van der Waals surface area contributed by atoms with Crippen molar-refractivity contribution in [1.29, 1.82) is 0 Å². The number of anilines is 2. The Morgan fingerprint density at radius 2 is 2.05 bits per heavy atom. The number of carbonyl (C=O) groups is 2. The Labute approximate surface area is 137 Å². The van der Waals surface area contributed by atoms with Gasteiger partial charge in [0.1, 0.15) is 5.00 Å². The van der Waals surface area contributed by atoms with E-state index in [2.05, 4.69) is 10.6 Å². The van der Waals surface area contributed by atoms with Gasteiger partial charge in [0.2, 0.25) is 5.91 Å². The summed E-state index contributed by atoms with van der Waals surface area (Å²) < 4.78 is 0. The zero-order valence-electron chi connectivity index (χ0n) is 12.0. The van der Waals surface area contributed by atoms with Gasteiger partial charge in [0.05, 0.1) is 5.56 Å². The van der Waals surface area contributed by atoms with Gasteiger partial charge in [-0.2, -0.15) is 0 Å². The van der Waals surface area contributed by atoms with Crippen molar-refractivity contribution in [3.63, 3.8) is 0 Å². The van der Waals surface area contributed by atoms with Crippen molar-refractivity contribution in [2.75, 3.05) is 10.6 Å². The summed E-state index contributed by atoms with van der Waals surface area (Å²) in [6.45, 7) is 1.45. The van der Waals surface area contributed by atoms with Gasteiger partial charge in [-0.15, -0.1) is 11.3 Å². The number of thiophene rings is 1. The Balaban J connectivity index is 1.92. The second-order valence-electron chi connectivity index (χ2n) is 5.21. The summed E-state index contributed by atoms with van der Waals surface area (Å²) in [7, 11) is 0. The van der Waals surface area contributed by atoms with Gasteiger partial charge >= 0.3 is 0 Å². The van der Waals surface area contributed by atoms with E-state index in [9.17, 15) is 9.59 Å². The van der Waals surface area contributed by atoms with Crippen LogP contribution in [-0.4, -0.2) is 11.8 Å². The van der Waals surface area contributed by atoms with E-state index >= 15 is 0 Å². The molecule has 0 saturated heterocycles. The monoisotopic (exact) mass is 334 g/mol. The topological polar surface area (TPSA) is 58.2 Å². The molecule has 1 aromatic heterocycles. The molecule has 0 spiro atoms. The minimum Gasteiger partial charge on any atom is -0.322 e. The number of rotatable bonds is 3. The van der Waals surface area contributed by atoms with Crippen molar-refractivity contribution in [1.82, 2.24) is 0 Å². The van der Waals surface area contributed by atoms with Gasteiger partial charge in [0, 0.05) is 22.5 Å². The molecule has 1 aliphatic carbocycles. The molecule has 0 radical (unpaired) electrons. The highest BCUT2D eigenvalue weighted by atomic mass is 35.5. The average molecular weight is 335 g/mol. The number of aryl methyl sites for hydroxylation is 1. The highest BCUT2D eigenvalue weighted by Crippen LogP contribution is 2.39. The van der Waals surface area contributed by atoms with E-state index in [0.29, 0.717) is 21.3 Å². The second-order valence-corrected chi connectivity index (χ2v) is 6.75. The van der Waals surface area contributed by atoms with Crippen LogP contribution in [0.5, 0.6) is 0 Å². The molecular weight excluding hydrogens is 320 g/mol. The lowest BCUT2D eigenvalue weighted by Gasteiger charge is -2.09. The molecule has 4 nitrogen and oxygen atoms in total. The molecule has 1 heterocycles. The molecule has 2 aromatic rings. The zero-order valence-corrected chi connectivity index (χ0v) is 13.6. The summed E-state index contributed by atoms with van der Waals surface area (Å²) in [4.78, 5) is 25.2. The number of hydrogen-bond donors (Lipinski definition) is 2. The summed E-state index contributed by atoms with van der Waals surface area (Å²) in [5, 5.41) is 6.84. The SMILES string of the molecule is CC(=O)Nc1sc2c(c1C(=O)Nc1cccc(Cl)c1)CCC2. The van der Waals surface area contributed by atoms with Crippen LogP contribution in [0.2, 0.25) is 5.02 Å². The molecule has 0 unspecified atom stereocenters. The largest absolute Gasteiger partial charge is 0.322 e. The molecule has 22 heavy (non-hydrogen) atoms. The summed E-state index contributed by atoms with van der Waals surface area (Å²) in [6.07, 6.45) is 2.90. The Kier molecular flexibility index (Phi) is 4.18. The van der Waals surface area contributed by atoms with Crippen LogP contribution in [0.4, 0.5) is 10.7 Å². The van der Waals surface area contributed by atoms with Crippen LogP contribution in [-0.2, 0) is 17.6 Å². The predicted molar refractivity (Wildman–Crippen MR) is 90.1 cm³/mol. The maximum absolute atomic E-state index is 12.6. The predicted octanol–water partition coefficient (Wildman–Crippen LogP) is 4.10. The number of hydrogen-bond acceptors (Lipinski definition) is 3. The zero-order chi connectivity index (χ0) is 15.7. The number of fused-ring (bicyclic) bond motifs is 1. The van der Waals surface area contributed by atoms with E-state index in [1.807, 2.05) is 0 Å². The molecule has 1 aliphatic rings. The highest BCUT2D eigenvalue weighted by Gasteiger charge is 2.27. The number of nitrogens with one attached hydrogen (secondary N) is 2. The van der Waals surface area contributed by atoms with E-state index in [1.165, 1.54) is 23.1 Å². The van der Waals surface area contributed by atoms with Crippen molar-refractivity contribution in [2.45, 2.75) is 26.2 Å². The minimum atomic E-state index is -0.203. The van der Waals surface area contributed by atoms with Crippen LogP contribution >= 0.6 is 22.9 Å². The lowest BCUT2D eigenvalue weighted by Crippen LogP contribution is -2.16. The molecule has 114 valence electrons. The maximum atomic E-state index is 12.6. The van der Waals surface area contributed by atoms with Crippen LogP contribution in [0, 0.1) is 0 Å². The Morgan fingerprint density at radius 1 is 1.23 bits per heavy atom. The maximum Gasteiger partial charge on any atom is 0.258 e. The van der Waals surface area contributed by atoms with Crippen molar-refractivity contribution >= 4 is 45.4 Å². The third kappa shape index (κ3) is 3.00. The summed E-state index contributed by atoms with van der Waals surface area (Å²) in [6, 6.07) is 7.02. The van der Waals surface area contributed by atoms with E-state index in [0.717, 1.165) is 24.8 Å². The van der Waals surface area contributed by atoms with Crippen molar-refractivity contribution < 1.29 is 9.59 Å².